The lowest BCUT2D eigenvalue weighted by molar-refractivity contribution is 0.414. The molecule has 3 aromatic rings. The molecule has 0 spiro atoms. The van der Waals surface area contributed by atoms with Gasteiger partial charge in [-0.05, 0) is 53.9 Å². The number of benzene rings is 3. The summed E-state index contributed by atoms with van der Waals surface area (Å²) in [5, 5.41) is 1.67. The Labute approximate surface area is 182 Å². The van der Waals surface area contributed by atoms with Crippen LogP contribution in [0.15, 0.2) is 82.7 Å². The van der Waals surface area contributed by atoms with Crippen LogP contribution in [0.2, 0.25) is 0 Å². The van der Waals surface area contributed by atoms with Gasteiger partial charge in [0.25, 0.3) is 10.0 Å². The first-order chi connectivity index (χ1) is 14.9. The van der Waals surface area contributed by atoms with Crippen molar-refractivity contribution >= 4 is 21.5 Å². The Morgan fingerprint density at radius 3 is 2.13 bits per heavy atom. The van der Waals surface area contributed by atoms with Crippen molar-refractivity contribution in [1.29, 1.82) is 0 Å². The third kappa shape index (κ3) is 4.87. The first-order valence-electron chi connectivity index (χ1n) is 9.86. The second-order valence-corrected chi connectivity index (χ2v) is 8.93. The van der Waals surface area contributed by atoms with Crippen molar-refractivity contribution in [2.24, 2.45) is 10.8 Å². The molecule has 1 heterocycles. The number of methoxy groups -OCH3 is 1. The van der Waals surface area contributed by atoms with Gasteiger partial charge in [-0.3, -0.25) is 14.7 Å². The van der Waals surface area contributed by atoms with Gasteiger partial charge in [0.2, 0.25) is 0 Å². The van der Waals surface area contributed by atoms with Crippen molar-refractivity contribution in [2.45, 2.75) is 11.3 Å². The minimum Gasteiger partial charge on any atom is -0.497 e. The van der Waals surface area contributed by atoms with Crippen molar-refractivity contribution < 1.29 is 13.2 Å². The highest BCUT2D eigenvalue weighted by molar-refractivity contribution is 7.92. The fourth-order valence-electron chi connectivity index (χ4n) is 3.38. The third-order valence-electron chi connectivity index (χ3n) is 5.07. The normalized spacial score (nSPS) is 13.7. The van der Waals surface area contributed by atoms with Gasteiger partial charge in [0.15, 0.2) is 0 Å². The van der Waals surface area contributed by atoms with E-state index in [4.69, 9.17) is 10.6 Å². The molecule has 0 radical (unpaired) electrons. The van der Waals surface area contributed by atoms with E-state index in [0.717, 1.165) is 42.0 Å². The number of nitrogens with two attached hydrogens (primary N) is 1. The fraction of sp³-hybridized carbons (Fsp3) is 0.174. The summed E-state index contributed by atoms with van der Waals surface area (Å²) in [6, 6.07) is 21.8. The van der Waals surface area contributed by atoms with Crippen LogP contribution in [0, 0.1) is 0 Å². The van der Waals surface area contributed by atoms with E-state index in [-0.39, 0.29) is 4.90 Å². The Morgan fingerprint density at radius 2 is 1.58 bits per heavy atom. The minimum absolute atomic E-state index is 0.181. The molecule has 0 aromatic heterocycles. The summed E-state index contributed by atoms with van der Waals surface area (Å²) in [6.45, 7) is 1.47. The van der Waals surface area contributed by atoms with Gasteiger partial charge in [-0.2, -0.15) is 0 Å². The Bertz CT molecular complexity index is 1170. The Kier molecular flexibility index (Phi) is 5.92. The summed E-state index contributed by atoms with van der Waals surface area (Å²) in [7, 11) is -2.12. The second-order valence-electron chi connectivity index (χ2n) is 7.25. The highest BCUT2D eigenvalue weighted by Crippen LogP contribution is 2.20. The topological polar surface area (TPSA) is 97.0 Å². The molecule has 0 aliphatic carbocycles. The van der Waals surface area contributed by atoms with Crippen molar-refractivity contribution in [3.63, 3.8) is 0 Å². The number of hydrazine groups is 1. The molecule has 0 bridgehead atoms. The van der Waals surface area contributed by atoms with Gasteiger partial charge in [0.1, 0.15) is 11.6 Å². The molecule has 31 heavy (non-hydrogen) atoms. The molecule has 0 atom stereocenters. The number of sulfonamides is 1. The molecule has 1 aliphatic rings. The predicted octanol–water partition coefficient (Wildman–Crippen LogP) is 3.02. The highest BCUT2D eigenvalue weighted by Gasteiger charge is 2.15. The fourth-order valence-corrected chi connectivity index (χ4v) is 4.44. The molecule has 0 fully saturated rings. The van der Waals surface area contributed by atoms with Crippen molar-refractivity contribution in [3.8, 4) is 5.75 Å². The van der Waals surface area contributed by atoms with Crippen LogP contribution >= 0.6 is 0 Å². The Hall–Kier alpha value is -3.36. The highest BCUT2D eigenvalue weighted by atomic mass is 32.2. The van der Waals surface area contributed by atoms with E-state index in [2.05, 4.69) is 21.8 Å². The first-order valence-corrected chi connectivity index (χ1v) is 11.3. The zero-order valence-electron chi connectivity index (χ0n) is 17.2. The molecule has 0 saturated heterocycles. The third-order valence-corrected chi connectivity index (χ3v) is 6.47. The van der Waals surface area contributed by atoms with Crippen molar-refractivity contribution in [3.05, 3.63) is 89.5 Å². The zero-order valence-corrected chi connectivity index (χ0v) is 18.0. The maximum Gasteiger partial charge on any atom is 0.261 e. The zero-order chi connectivity index (χ0) is 21.8. The van der Waals surface area contributed by atoms with E-state index < -0.39 is 10.0 Å². The molecular weight excluding hydrogens is 412 g/mol. The summed E-state index contributed by atoms with van der Waals surface area (Å²) in [4.78, 5) is 4.61. The van der Waals surface area contributed by atoms with Crippen LogP contribution in [0.25, 0.3) is 0 Å². The van der Waals surface area contributed by atoms with Crippen LogP contribution in [0.3, 0.4) is 0 Å². The van der Waals surface area contributed by atoms with Crippen LogP contribution in [-0.2, 0) is 16.4 Å². The van der Waals surface area contributed by atoms with E-state index >= 15 is 0 Å². The van der Waals surface area contributed by atoms with Crippen molar-refractivity contribution in [1.82, 2.24) is 5.01 Å². The summed E-state index contributed by atoms with van der Waals surface area (Å²) in [6.07, 6.45) is 0.741. The van der Waals surface area contributed by atoms with Gasteiger partial charge >= 0.3 is 0 Å². The number of hydrogen-bond donors (Lipinski definition) is 2. The molecule has 0 unspecified atom stereocenters. The molecule has 160 valence electrons. The van der Waals surface area contributed by atoms with E-state index in [9.17, 15) is 8.42 Å². The minimum atomic E-state index is -3.66. The molecule has 4 rings (SSSR count). The van der Waals surface area contributed by atoms with Crippen LogP contribution in [-0.4, -0.2) is 39.5 Å². The molecule has 1 aliphatic heterocycles. The summed E-state index contributed by atoms with van der Waals surface area (Å²) >= 11 is 0. The standard InChI is InChI=1S/C23H24N4O3S/c1-30-21-10-12-22(13-11-21)31(28,29)26-20-8-4-18(5-9-20)16-17-2-6-19(7-3-17)23-25-14-15-27(23)24/h2-13,26H,14-16,24H2,1H3. The average molecular weight is 437 g/mol. The van der Waals surface area contributed by atoms with Crippen LogP contribution < -0.4 is 15.3 Å². The average Bonchev–Trinajstić information content (AvgIpc) is 3.21. The van der Waals surface area contributed by atoms with Gasteiger partial charge in [-0.15, -0.1) is 0 Å². The largest absolute Gasteiger partial charge is 0.497 e. The molecule has 3 N–H and O–H groups in total. The maximum absolute atomic E-state index is 12.6. The maximum atomic E-state index is 12.6. The second kappa shape index (κ2) is 8.79. The van der Waals surface area contributed by atoms with Crippen LogP contribution in [0.4, 0.5) is 5.69 Å². The van der Waals surface area contributed by atoms with Gasteiger partial charge in [0.05, 0.1) is 25.1 Å². The van der Waals surface area contributed by atoms with E-state index in [1.807, 2.05) is 24.3 Å². The molecular formula is C23H24N4O3S. The van der Waals surface area contributed by atoms with Gasteiger partial charge < -0.3 is 4.74 Å². The first kappa shape index (κ1) is 20.9. The number of aliphatic imine (C=N–C) groups is 1. The Morgan fingerprint density at radius 1 is 0.968 bits per heavy atom. The van der Waals surface area contributed by atoms with E-state index in [0.29, 0.717) is 11.4 Å². The van der Waals surface area contributed by atoms with Gasteiger partial charge in [-0.1, -0.05) is 36.4 Å². The number of nitrogens with one attached hydrogen (secondary N) is 1. The quantitative estimate of drug-likeness (QED) is 0.555. The lowest BCUT2D eigenvalue weighted by atomic mass is 10.0. The summed E-state index contributed by atoms with van der Waals surface area (Å²) < 4.78 is 32.8. The van der Waals surface area contributed by atoms with E-state index in [1.165, 1.54) is 19.2 Å². The van der Waals surface area contributed by atoms with Crippen LogP contribution in [0.5, 0.6) is 5.75 Å². The molecule has 7 nitrogen and oxygen atoms in total. The predicted molar refractivity (Wildman–Crippen MR) is 122 cm³/mol. The number of nitrogens with zero attached hydrogens (tertiary/aromatic N) is 2. The Balaban J connectivity index is 1.41. The summed E-state index contributed by atoms with van der Waals surface area (Å²) in [5.74, 6) is 7.35. The number of anilines is 1. The number of ether oxygens (including phenoxy) is 1. The lowest BCUT2D eigenvalue weighted by Gasteiger charge is -2.13. The van der Waals surface area contributed by atoms with Crippen LogP contribution in [0.1, 0.15) is 16.7 Å². The summed E-state index contributed by atoms with van der Waals surface area (Å²) in [5.41, 5.74) is 3.75. The number of amidine groups is 1. The SMILES string of the molecule is COc1ccc(S(=O)(=O)Nc2ccc(Cc3ccc(C4=NCCN4N)cc3)cc2)cc1. The molecule has 0 saturated carbocycles. The molecule has 0 amide bonds. The number of hydrogen-bond acceptors (Lipinski definition) is 6. The monoisotopic (exact) mass is 436 g/mol. The van der Waals surface area contributed by atoms with Gasteiger partial charge in [0, 0.05) is 11.3 Å². The molecule has 8 heteroatoms. The van der Waals surface area contributed by atoms with Crippen molar-refractivity contribution in [2.75, 3.05) is 24.9 Å². The lowest BCUT2D eigenvalue weighted by Crippen LogP contribution is -2.34. The number of rotatable bonds is 7. The smallest absolute Gasteiger partial charge is 0.261 e. The molecule has 3 aromatic carbocycles. The van der Waals surface area contributed by atoms with E-state index in [1.54, 1.807) is 29.3 Å². The van der Waals surface area contributed by atoms with Gasteiger partial charge in [-0.25, -0.2) is 14.3 Å².